The maximum Gasteiger partial charge on any atom is 0.403 e. The van der Waals surface area contributed by atoms with Crippen LogP contribution in [0.4, 0.5) is 13.2 Å². The van der Waals surface area contributed by atoms with Gasteiger partial charge in [-0.15, -0.1) is 12.3 Å². The molecule has 0 spiro atoms. The standard InChI is InChI=1S/C10H14F3NO2/c1-3-5-7(4-2)14-6-8(9(15)16)10(11,12)13/h1,7-8,14H,4-6H2,2H3,(H,15,16). The number of aliphatic carboxylic acids is 1. The third-order valence-corrected chi connectivity index (χ3v) is 2.16. The van der Waals surface area contributed by atoms with Gasteiger partial charge in [0.15, 0.2) is 5.92 Å². The molecule has 0 bridgehead atoms. The summed E-state index contributed by atoms with van der Waals surface area (Å²) in [7, 11) is 0. The first-order chi connectivity index (χ1) is 7.32. The summed E-state index contributed by atoms with van der Waals surface area (Å²) in [5.74, 6) is -1.95. The normalized spacial score (nSPS) is 15.2. The summed E-state index contributed by atoms with van der Waals surface area (Å²) in [6.07, 6.45) is 1.11. The third kappa shape index (κ3) is 5.03. The Kier molecular flexibility index (Phi) is 5.89. The fourth-order valence-corrected chi connectivity index (χ4v) is 1.13. The molecule has 0 radical (unpaired) electrons. The molecule has 16 heavy (non-hydrogen) atoms. The molecule has 92 valence electrons. The number of nitrogens with one attached hydrogen (secondary N) is 1. The molecule has 0 fully saturated rings. The Hall–Kier alpha value is -1.22. The van der Waals surface area contributed by atoms with Crippen LogP contribution in [-0.2, 0) is 4.79 Å². The summed E-state index contributed by atoms with van der Waals surface area (Å²) in [5, 5.41) is 10.9. The van der Waals surface area contributed by atoms with Gasteiger partial charge in [-0.05, 0) is 6.42 Å². The molecule has 0 aromatic carbocycles. The highest BCUT2D eigenvalue weighted by molar-refractivity contribution is 5.71. The van der Waals surface area contributed by atoms with Crippen LogP contribution in [0.15, 0.2) is 0 Å². The smallest absolute Gasteiger partial charge is 0.403 e. The van der Waals surface area contributed by atoms with Crippen molar-refractivity contribution >= 4 is 5.97 Å². The van der Waals surface area contributed by atoms with Crippen molar-refractivity contribution in [1.29, 1.82) is 0 Å². The lowest BCUT2D eigenvalue weighted by Crippen LogP contribution is -2.42. The first kappa shape index (κ1) is 14.8. The van der Waals surface area contributed by atoms with Crippen molar-refractivity contribution in [2.45, 2.75) is 32.0 Å². The van der Waals surface area contributed by atoms with Crippen LogP contribution in [-0.4, -0.2) is 29.8 Å². The molecule has 0 aromatic heterocycles. The number of terminal acetylenes is 1. The zero-order valence-electron chi connectivity index (χ0n) is 8.84. The van der Waals surface area contributed by atoms with Gasteiger partial charge < -0.3 is 10.4 Å². The average molecular weight is 237 g/mol. The lowest BCUT2D eigenvalue weighted by molar-refractivity contribution is -0.192. The molecule has 6 heteroatoms. The summed E-state index contributed by atoms with van der Waals surface area (Å²) in [4.78, 5) is 10.4. The van der Waals surface area contributed by atoms with E-state index in [1.165, 1.54) is 0 Å². The van der Waals surface area contributed by atoms with Gasteiger partial charge >= 0.3 is 12.1 Å². The Morgan fingerprint density at radius 1 is 1.56 bits per heavy atom. The largest absolute Gasteiger partial charge is 0.481 e. The van der Waals surface area contributed by atoms with E-state index >= 15 is 0 Å². The molecule has 0 aliphatic rings. The van der Waals surface area contributed by atoms with Crippen LogP contribution in [0.2, 0.25) is 0 Å². The van der Waals surface area contributed by atoms with Crippen molar-refractivity contribution in [3.8, 4) is 12.3 Å². The maximum absolute atomic E-state index is 12.2. The third-order valence-electron chi connectivity index (χ3n) is 2.16. The lowest BCUT2D eigenvalue weighted by atomic mass is 10.1. The molecule has 0 rings (SSSR count). The molecule has 2 unspecified atom stereocenters. The lowest BCUT2D eigenvalue weighted by Gasteiger charge is -2.20. The number of alkyl halides is 3. The highest BCUT2D eigenvalue weighted by atomic mass is 19.4. The van der Waals surface area contributed by atoms with E-state index in [-0.39, 0.29) is 12.5 Å². The van der Waals surface area contributed by atoms with E-state index < -0.39 is 24.6 Å². The van der Waals surface area contributed by atoms with Crippen molar-refractivity contribution < 1.29 is 23.1 Å². The number of halogens is 3. The fraction of sp³-hybridized carbons (Fsp3) is 0.700. The Morgan fingerprint density at radius 2 is 2.12 bits per heavy atom. The van der Waals surface area contributed by atoms with E-state index in [4.69, 9.17) is 11.5 Å². The molecule has 0 amide bonds. The number of carbonyl (C=O) groups is 1. The van der Waals surface area contributed by atoms with Crippen molar-refractivity contribution in [3.63, 3.8) is 0 Å². The SMILES string of the molecule is C#CCC(CC)NCC(C(=O)O)C(F)(F)F. The molecular formula is C10H14F3NO2. The van der Waals surface area contributed by atoms with Gasteiger partial charge in [-0.3, -0.25) is 4.79 Å². The van der Waals surface area contributed by atoms with Gasteiger partial charge in [0, 0.05) is 19.0 Å². The second-order valence-corrected chi connectivity index (χ2v) is 3.35. The Balaban J connectivity index is 4.33. The van der Waals surface area contributed by atoms with Crippen molar-refractivity contribution in [3.05, 3.63) is 0 Å². The predicted molar refractivity (Wildman–Crippen MR) is 52.7 cm³/mol. The number of hydrogen-bond acceptors (Lipinski definition) is 2. The van der Waals surface area contributed by atoms with Gasteiger partial charge in [0.05, 0.1) is 0 Å². The van der Waals surface area contributed by atoms with Crippen LogP contribution in [0.1, 0.15) is 19.8 Å². The van der Waals surface area contributed by atoms with Gasteiger partial charge in [0.2, 0.25) is 0 Å². The first-order valence-electron chi connectivity index (χ1n) is 4.79. The van der Waals surface area contributed by atoms with Crippen LogP contribution < -0.4 is 5.32 Å². The zero-order valence-corrected chi connectivity index (χ0v) is 8.84. The summed E-state index contributed by atoms with van der Waals surface area (Å²) < 4.78 is 36.7. The predicted octanol–water partition coefficient (Wildman–Crippen LogP) is 1.64. The molecule has 2 N–H and O–H groups in total. The molecule has 0 aliphatic heterocycles. The monoisotopic (exact) mass is 237 g/mol. The highest BCUT2D eigenvalue weighted by Gasteiger charge is 2.44. The van der Waals surface area contributed by atoms with E-state index in [0.717, 1.165) is 0 Å². The van der Waals surface area contributed by atoms with E-state index in [2.05, 4.69) is 11.2 Å². The molecule has 3 nitrogen and oxygen atoms in total. The molecule has 2 atom stereocenters. The van der Waals surface area contributed by atoms with E-state index in [9.17, 15) is 18.0 Å². The Morgan fingerprint density at radius 3 is 2.44 bits per heavy atom. The topological polar surface area (TPSA) is 49.3 Å². The van der Waals surface area contributed by atoms with Gasteiger partial charge in [-0.2, -0.15) is 13.2 Å². The molecule has 0 saturated heterocycles. The van der Waals surface area contributed by atoms with E-state index in [1.807, 2.05) is 0 Å². The molecule has 0 aromatic rings. The van der Waals surface area contributed by atoms with Crippen LogP contribution in [0.5, 0.6) is 0 Å². The van der Waals surface area contributed by atoms with Crippen molar-refractivity contribution in [2.75, 3.05) is 6.54 Å². The van der Waals surface area contributed by atoms with Gasteiger partial charge in [0.1, 0.15) is 0 Å². The maximum atomic E-state index is 12.2. The van der Waals surface area contributed by atoms with Crippen LogP contribution >= 0.6 is 0 Å². The minimum absolute atomic E-state index is 0.278. The summed E-state index contributed by atoms with van der Waals surface area (Å²) >= 11 is 0. The Bertz CT molecular complexity index is 270. The van der Waals surface area contributed by atoms with Gasteiger partial charge in [-0.25, -0.2) is 0 Å². The van der Waals surface area contributed by atoms with E-state index in [1.54, 1.807) is 6.92 Å². The number of carboxylic acids is 1. The second-order valence-electron chi connectivity index (χ2n) is 3.35. The van der Waals surface area contributed by atoms with Crippen molar-refractivity contribution in [2.24, 2.45) is 5.92 Å². The second kappa shape index (κ2) is 6.38. The van der Waals surface area contributed by atoms with E-state index in [0.29, 0.717) is 6.42 Å². The quantitative estimate of drug-likeness (QED) is 0.690. The molecular weight excluding hydrogens is 223 g/mol. The minimum Gasteiger partial charge on any atom is -0.481 e. The van der Waals surface area contributed by atoms with Crippen LogP contribution in [0.3, 0.4) is 0 Å². The summed E-state index contributed by atoms with van der Waals surface area (Å²) in [6.45, 7) is 1.11. The number of rotatable bonds is 6. The average Bonchev–Trinajstić information content (AvgIpc) is 2.13. The van der Waals surface area contributed by atoms with Crippen LogP contribution in [0, 0.1) is 18.3 Å². The highest BCUT2D eigenvalue weighted by Crippen LogP contribution is 2.26. The number of carboxylic acid groups (broad SMARTS) is 1. The number of hydrogen-bond donors (Lipinski definition) is 2. The molecule has 0 aliphatic carbocycles. The molecule has 0 heterocycles. The van der Waals surface area contributed by atoms with Gasteiger partial charge in [0.25, 0.3) is 0 Å². The first-order valence-corrected chi connectivity index (χ1v) is 4.79. The van der Waals surface area contributed by atoms with Gasteiger partial charge in [-0.1, -0.05) is 6.92 Å². The summed E-state index contributed by atoms with van der Waals surface area (Å²) in [6, 6.07) is -0.283. The van der Waals surface area contributed by atoms with Crippen LogP contribution in [0.25, 0.3) is 0 Å². The van der Waals surface area contributed by atoms with Crippen molar-refractivity contribution in [1.82, 2.24) is 5.32 Å². The zero-order chi connectivity index (χ0) is 12.8. The Labute approximate surface area is 92.0 Å². The summed E-state index contributed by atoms with van der Waals surface area (Å²) in [5.41, 5.74) is 0. The molecule has 0 saturated carbocycles. The fourth-order valence-electron chi connectivity index (χ4n) is 1.13. The minimum atomic E-state index is -4.74.